The van der Waals surface area contributed by atoms with E-state index in [0.29, 0.717) is 16.7 Å². The topological polar surface area (TPSA) is 50.2 Å². The van der Waals surface area contributed by atoms with Crippen LogP contribution in [0.25, 0.3) is 10.9 Å². The second kappa shape index (κ2) is 6.84. The number of hydrogen-bond acceptors (Lipinski definition) is 3. The van der Waals surface area contributed by atoms with Crippen molar-refractivity contribution < 1.29 is 13.6 Å². The minimum absolute atomic E-state index is 0.0846. The molecule has 0 aliphatic carbocycles. The smallest absolute Gasteiger partial charge is 0.257 e. The largest absolute Gasteiger partial charge is 0.308 e. The number of fused-ring (bicyclic) bond motifs is 1. The van der Waals surface area contributed by atoms with E-state index in [9.17, 15) is 13.6 Å². The molecule has 2 heterocycles. The standard InChI is InChI=1S/C17H22F2N4O/c1-3-13-12(8-9-22(13)2)17(24)20-16-11-6-4-5-7-14(11)23(21-16)10-15(18)19/h4-7,12-13,15H,3,8-10H2,1-2H3,(H,20,21,24)/t12-,13+/m0/s1. The van der Waals surface area contributed by atoms with E-state index < -0.39 is 13.0 Å². The zero-order chi connectivity index (χ0) is 17.3. The van der Waals surface area contributed by atoms with Crippen LogP contribution in [0.4, 0.5) is 14.6 Å². The van der Waals surface area contributed by atoms with E-state index in [2.05, 4.69) is 22.2 Å². The van der Waals surface area contributed by atoms with E-state index in [4.69, 9.17) is 0 Å². The second-order valence-corrected chi connectivity index (χ2v) is 6.28. The molecule has 1 saturated heterocycles. The monoisotopic (exact) mass is 336 g/mol. The molecule has 1 aliphatic heterocycles. The molecule has 3 rings (SSSR count). The highest BCUT2D eigenvalue weighted by atomic mass is 19.3. The number of hydrogen-bond donors (Lipinski definition) is 1. The van der Waals surface area contributed by atoms with Gasteiger partial charge in [0.2, 0.25) is 5.91 Å². The van der Waals surface area contributed by atoms with Crippen LogP contribution in [0.3, 0.4) is 0 Å². The quantitative estimate of drug-likeness (QED) is 0.913. The summed E-state index contributed by atoms with van der Waals surface area (Å²) in [6.07, 6.45) is -0.795. The number of amides is 1. The molecule has 130 valence electrons. The van der Waals surface area contributed by atoms with Crippen LogP contribution in [0.1, 0.15) is 19.8 Å². The molecule has 5 nitrogen and oxygen atoms in total. The fourth-order valence-corrected chi connectivity index (χ4v) is 3.61. The number of halogens is 2. The van der Waals surface area contributed by atoms with Crippen molar-refractivity contribution in [1.29, 1.82) is 0 Å². The van der Waals surface area contributed by atoms with Gasteiger partial charge in [-0.25, -0.2) is 8.78 Å². The van der Waals surface area contributed by atoms with Crippen LogP contribution in [0.5, 0.6) is 0 Å². The Balaban J connectivity index is 1.86. The molecule has 0 bridgehead atoms. The Labute approximate surface area is 139 Å². The summed E-state index contributed by atoms with van der Waals surface area (Å²) >= 11 is 0. The van der Waals surface area contributed by atoms with E-state index in [0.717, 1.165) is 19.4 Å². The summed E-state index contributed by atoms with van der Waals surface area (Å²) in [6, 6.07) is 7.32. The van der Waals surface area contributed by atoms with Gasteiger partial charge in [-0.3, -0.25) is 9.48 Å². The highest BCUT2D eigenvalue weighted by Gasteiger charge is 2.35. The molecule has 0 saturated carbocycles. The first-order chi connectivity index (χ1) is 11.5. The second-order valence-electron chi connectivity index (χ2n) is 6.28. The van der Waals surface area contributed by atoms with Crippen LogP contribution in [0.2, 0.25) is 0 Å². The first-order valence-corrected chi connectivity index (χ1v) is 8.26. The van der Waals surface area contributed by atoms with Crippen LogP contribution in [0.15, 0.2) is 24.3 Å². The zero-order valence-electron chi connectivity index (χ0n) is 13.9. The van der Waals surface area contributed by atoms with Gasteiger partial charge in [0, 0.05) is 11.4 Å². The molecule has 1 aromatic carbocycles. The molecule has 2 atom stereocenters. The number of alkyl halides is 2. The molecule has 0 spiro atoms. The van der Waals surface area contributed by atoms with Crippen LogP contribution in [-0.2, 0) is 11.3 Å². The third-order valence-electron chi connectivity index (χ3n) is 4.79. The van der Waals surface area contributed by atoms with Crippen molar-refractivity contribution in [3.8, 4) is 0 Å². The fourth-order valence-electron chi connectivity index (χ4n) is 3.61. The molecule has 24 heavy (non-hydrogen) atoms. The molecular weight excluding hydrogens is 314 g/mol. The number of rotatable bonds is 5. The number of likely N-dealkylation sites (tertiary alicyclic amines) is 1. The minimum Gasteiger partial charge on any atom is -0.308 e. The maximum absolute atomic E-state index is 12.8. The van der Waals surface area contributed by atoms with Gasteiger partial charge >= 0.3 is 0 Å². The van der Waals surface area contributed by atoms with Crippen molar-refractivity contribution in [3.05, 3.63) is 24.3 Å². The van der Waals surface area contributed by atoms with Crippen LogP contribution >= 0.6 is 0 Å². The predicted molar refractivity (Wildman–Crippen MR) is 89.2 cm³/mol. The Morgan fingerprint density at radius 2 is 2.17 bits per heavy atom. The van der Waals surface area contributed by atoms with E-state index in [1.807, 2.05) is 13.1 Å². The summed E-state index contributed by atoms with van der Waals surface area (Å²) in [4.78, 5) is 14.9. The van der Waals surface area contributed by atoms with Gasteiger partial charge < -0.3 is 10.2 Å². The number of para-hydroxylation sites is 1. The third kappa shape index (κ3) is 3.13. The highest BCUT2D eigenvalue weighted by molar-refractivity contribution is 6.01. The number of benzene rings is 1. The van der Waals surface area contributed by atoms with Crippen molar-refractivity contribution in [1.82, 2.24) is 14.7 Å². The highest BCUT2D eigenvalue weighted by Crippen LogP contribution is 2.28. The number of nitrogens with zero attached hydrogens (tertiary/aromatic N) is 3. The Kier molecular flexibility index (Phi) is 4.80. The molecule has 1 aromatic heterocycles. The van der Waals surface area contributed by atoms with Crippen molar-refractivity contribution in [3.63, 3.8) is 0 Å². The Bertz CT molecular complexity index is 730. The SMILES string of the molecule is CC[C@@H]1[C@@H](C(=O)Nc2nn(CC(F)F)c3ccccc23)CCN1C. The molecule has 1 aliphatic rings. The average Bonchev–Trinajstić information content (AvgIpc) is 3.08. The predicted octanol–water partition coefficient (Wildman–Crippen LogP) is 2.97. The molecule has 0 radical (unpaired) electrons. The number of nitrogens with one attached hydrogen (secondary N) is 1. The summed E-state index contributed by atoms with van der Waals surface area (Å²) in [5.74, 6) is 0.179. The Morgan fingerprint density at radius 3 is 2.88 bits per heavy atom. The number of carbonyl (C=O) groups excluding carboxylic acids is 1. The summed E-state index contributed by atoms with van der Waals surface area (Å²) in [5, 5.41) is 7.75. The van der Waals surface area contributed by atoms with Crippen LogP contribution in [-0.4, -0.2) is 46.6 Å². The van der Waals surface area contributed by atoms with E-state index in [1.165, 1.54) is 4.68 Å². The van der Waals surface area contributed by atoms with Gasteiger partial charge in [-0.15, -0.1) is 0 Å². The summed E-state index contributed by atoms with van der Waals surface area (Å²) in [7, 11) is 2.02. The normalized spacial score (nSPS) is 21.7. The lowest BCUT2D eigenvalue weighted by Crippen LogP contribution is -2.35. The summed E-state index contributed by atoms with van der Waals surface area (Å²) in [5.41, 5.74) is 0.601. The molecular formula is C17H22F2N4O. The van der Waals surface area contributed by atoms with E-state index in [1.54, 1.807) is 18.2 Å². The van der Waals surface area contributed by atoms with Gasteiger partial charge in [0.15, 0.2) is 5.82 Å². The van der Waals surface area contributed by atoms with Gasteiger partial charge in [0.1, 0.15) is 6.54 Å². The zero-order valence-corrected chi connectivity index (χ0v) is 13.9. The summed E-state index contributed by atoms with van der Waals surface area (Å²) in [6.45, 7) is 2.47. The third-order valence-corrected chi connectivity index (χ3v) is 4.79. The van der Waals surface area contributed by atoms with Gasteiger partial charge in [0.05, 0.1) is 11.4 Å². The number of aromatic nitrogens is 2. The van der Waals surface area contributed by atoms with Crippen LogP contribution < -0.4 is 5.32 Å². The van der Waals surface area contributed by atoms with Gasteiger partial charge in [-0.1, -0.05) is 19.1 Å². The van der Waals surface area contributed by atoms with Crippen molar-refractivity contribution in [2.24, 2.45) is 5.92 Å². The maximum Gasteiger partial charge on any atom is 0.257 e. The first kappa shape index (κ1) is 16.8. The lowest BCUT2D eigenvalue weighted by Gasteiger charge is -2.22. The van der Waals surface area contributed by atoms with Crippen molar-refractivity contribution in [2.75, 3.05) is 18.9 Å². The molecule has 0 unspecified atom stereocenters. The molecule has 1 amide bonds. The van der Waals surface area contributed by atoms with Crippen LogP contribution in [0, 0.1) is 5.92 Å². The molecule has 7 heteroatoms. The average molecular weight is 336 g/mol. The lowest BCUT2D eigenvalue weighted by atomic mass is 9.97. The lowest BCUT2D eigenvalue weighted by molar-refractivity contribution is -0.120. The summed E-state index contributed by atoms with van der Waals surface area (Å²) < 4.78 is 26.8. The van der Waals surface area contributed by atoms with E-state index in [-0.39, 0.29) is 17.9 Å². The van der Waals surface area contributed by atoms with Crippen molar-refractivity contribution >= 4 is 22.6 Å². The van der Waals surface area contributed by atoms with Gasteiger partial charge in [0.25, 0.3) is 6.43 Å². The minimum atomic E-state index is -2.50. The molecule has 1 fully saturated rings. The number of carbonyl (C=O) groups is 1. The molecule has 2 aromatic rings. The van der Waals surface area contributed by atoms with Gasteiger partial charge in [-0.2, -0.15) is 5.10 Å². The maximum atomic E-state index is 12.8. The van der Waals surface area contributed by atoms with Crippen molar-refractivity contribution in [2.45, 2.75) is 38.8 Å². The first-order valence-electron chi connectivity index (χ1n) is 8.26. The molecule has 1 N–H and O–H groups in total. The van der Waals surface area contributed by atoms with E-state index >= 15 is 0 Å². The Hall–Kier alpha value is -2.02. The Morgan fingerprint density at radius 1 is 1.42 bits per heavy atom. The van der Waals surface area contributed by atoms with Gasteiger partial charge in [-0.05, 0) is 38.6 Å². The fraction of sp³-hybridized carbons (Fsp3) is 0.529. The number of anilines is 1.